The first-order chi connectivity index (χ1) is 5.98. The summed E-state index contributed by atoms with van der Waals surface area (Å²) < 4.78 is -0.0151. The van der Waals surface area contributed by atoms with Crippen LogP contribution in [-0.2, 0) is 23.3 Å². The van der Waals surface area contributed by atoms with Gasteiger partial charge in [0.15, 0.2) is 0 Å². The zero-order chi connectivity index (χ0) is 10.3. The number of alkyl halides is 2. The average molecular weight is 434 g/mol. The van der Waals surface area contributed by atoms with E-state index in [1.165, 1.54) is 10.4 Å². The van der Waals surface area contributed by atoms with Crippen LogP contribution in [0.25, 0.3) is 0 Å². The molecular weight excluding hydrogens is 419 g/mol. The van der Waals surface area contributed by atoms with Gasteiger partial charge < -0.3 is 0 Å². The molecule has 0 rings (SSSR count). The van der Waals surface area contributed by atoms with E-state index in [0.717, 1.165) is 19.3 Å². The zero-order valence-electron chi connectivity index (χ0n) is 7.61. The average Bonchev–Trinajstić information content (AvgIpc) is 2.02. The molecule has 4 N–H and O–H groups in total. The molecule has 13 heavy (non-hydrogen) atoms. The van der Waals surface area contributed by atoms with Crippen LogP contribution in [0.15, 0.2) is 0 Å². The van der Waals surface area contributed by atoms with Gasteiger partial charge in [-0.1, -0.05) is 0 Å². The molecule has 0 aliphatic carbocycles. The molecule has 6 heteroatoms. The first kappa shape index (κ1) is 14.7. The molecule has 0 bridgehead atoms. The van der Waals surface area contributed by atoms with Crippen molar-refractivity contribution in [1.82, 2.24) is 0 Å². The zero-order valence-corrected chi connectivity index (χ0v) is 15.4. The molecule has 0 aromatic carbocycles. The Balaban J connectivity index is 3.32. The van der Waals surface area contributed by atoms with E-state index in [0.29, 0.717) is 0 Å². The summed E-state index contributed by atoms with van der Waals surface area (Å²) in [5.74, 6) is 0. The van der Waals surface area contributed by atoms with Gasteiger partial charge in [0.05, 0.1) is 0 Å². The van der Waals surface area contributed by atoms with Crippen molar-refractivity contribution in [2.24, 2.45) is 11.5 Å². The molecule has 2 nitrogen and oxygen atoms in total. The molecule has 0 saturated heterocycles. The summed E-state index contributed by atoms with van der Waals surface area (Å²) in [6.07, 6.45) is 4.19. The normalized spacial score (nSPS) is 13.9. The molecule has 0 heterocycles. The van der Waals surface area contributed by atoms with Crippen molar-refractivity contribution in [2.75, 3.05) is 0 Å². The summed E-state index contributed by atoms with van der Waals surface area (Å²) in [5.41, 5.74) is 11.1. The number of hydrogen-bond donors (Lipinski definition) is 2. The summed E-state index contributed by atoms with van der Waals surface area (Å²) >= 11 is 10.4. The fourth-order valence-electron chi connectivity index (χ4n) is 1.00. The molecule has 0 fully saturated rings. The van der Waals surface area contributed by atoms with Gasteiger partial charge in [-0.05, 0) is 0 Å². The van der Waals surface area contributed by atoms with Gasteiger partial charge in [0.25, 0.3) is 0 Å². The standard InChI is InChI=1S/C7H15Cl2N2.ClH.Hg/c1-2-3-4-5-6(10)7(8,9)11;;/h6H,1-5,10-11H2;1H;/q;;+1/p-1. The van der Waals surface area contributed by atoms with Crippen molar-refractivity contribution in [3.05, 3.63) is 0 Å². The molecule has 76 valence electrons. The van der Waals surface area contributed by atoms with Crippen molar-refractivity contribution in [3.63, 3.8) is 0 Å². The second kappa shape index (κ2) is 7.95. The summed E-state index contributed by atoms with van der Waals surface area (Å²) in [7, 11) is 5.75. The number of unbranched alkanes of at least 4 members (excludes halogenated alkanes) is 2. The quantitative estimate of drug-likeness (QED) is 0.280. The summed E-state index contributed by atoms with van der Waals surface area (Å²) in [6.45, 7) is 0. The predicted molar refractivity (Wildman–Crippen MR) is 55.7 cm³/mol. The topological polar surface area (TPSA) is 52.0 Å². The van der Waals surface area contributed by atoms with Crippen molar-refractivity contribution < 1.29 is 23.3 Å². The van der Waals surface area contributed by atoms with Crippen LogP contribution in [0, 0.1) is 0 Å². The van der Waals surface area contributed by atoms with E-state index in [-0.39, 0.29) is 6.04 Å². The number of rotatable bonds is 7. The van der Waals surface area contributed by atoms with Crippen LogP contribution < -0.4 is 11.5 Å². The van der Waals surface area contributed by atoms with Crippen LogP contribution in [0.5, 0.6) is 0 Å². The van der Waals surface area contributed by atoms with Crippen LogP contribution in [0.1, 0.15) is 25.7 Å². The molecule has 0 amide bonds. The molecular formula is C7H15Cl3HgN2. The van der Waals surface area contributed by atoms with Crippen molar-refractivity contribution in [3.8, 4) is 0 Å². The third-order valence-corrected chi connectivity index (χ3v) is 7.78. The Morgan fingerprint density at radius 1 is 1.23 bits per heavy atom. The van der Waals surface area contributed by atoms with Gasteiger partial charge in [-0.15, -0.1) is 0 Å². The minimum absolute atomic E-state index is 0.337. The first-order valence-electron chi connectivity index (χ1n) is 4.46. The van der Waals surface area contributed by atoms with E-state index >= 15 is 0 Å². The van der Waals surface area contributed by atoms with Crippen LogP contribution in [0.4, 0.5) is 0 Å². The summed E-state index contributed by atoms with van der Waals surface area (Å²) in [4.78, 5) is 0. The fraction of sp³-hybridized carbons (Fsp3) is 1.00. The minimum atomic E-state index is -1.29. The first-order valence-corrected chi connectivity index (χ1v) is 15.9. The molecule has 0 aliphatic heterocycles. The second-order valence-corrected chi connectivity index (χ2v) is 12.2. The maximum absolute atomic E-state index is 5.75. The monoisotopic (exact) mass is 434 g/mol. The SMILES string of the molecule is NC(CCCC[CH2][Hg][Cl])C(N)(Cl)Cl. The van der Waals surface area contributed by atoms with E-state index in [2.05, 4.69) is 0 Å². The molecule has 0 aliphatic rings. The van der Waals surface area contributed by atoms with Gasteiger partial charge >= 0.3 is 106 Å². The van der Waals surface area contributed by atoms with Crippen LogP contribution >= 0.6 is 31.5 Å². The van der Waals surface area contributed by atoms with Gasteiger partial charge in [0.2, 0.25) is 0 Å². The van der Waals surface area contributed by atoms with Gasteiger partial charge in [0.1, 0.15) is 0 Å². The van der Waals surface area contributed by atoms with Gasteiger partial charge in [-0.2, -0.15) is 0 Å². The van der Waals surface area contributed by atoms with E-state index < -0.39 is 27.8 Å². The predicted octanol–water partition coefficient (Wildman–Crippen LogP) is 2.62. The van der Waals surface area contributed by atoms with Gasteiger partial charge in [0, 0.05) is 0 Å². The number of hydrogen-bond acceptors (Lipinski definition) is 2. The Bertz CT molecular complexity index is 129. The summed E-state index contributed by atoms with van der Waals surface area (Å²) in [5, 5.41) is 0. The number of nitrogens with two attached hydrogens (primary N) is 2. The van der Waals surface area contributed by atoms with E-state index in [4.69, 9.17) is 42.9 Å². The Morgan fingerprint density at radius 2 is 1.85 bits per heavy atom. The Labute approximate surface area is 106 Å². The number of halogens is 3. The third-order valence-electron chi connectivity index (χ3n) is 1.89. The summed E-state index contributed by atoms with van der Waals surface area (Å²) in [6, 6.07) is -0.337. The molecule has 0 saturated carbocycles. The van der Waals surface area contributed by atoms with Gasteiger partial charge in [-0.25, -0.2) is 0 Å². The maximum atomic E-state index is 5.75. The van der Waals surface area contributed by atoms with Crippen LogP contribution in [0.3, 0.4) is 0 Å². The second-order valence-electron chi connectivity index (χ2n) is 3.17. The third kappa shape index (κ3) is 8.70. The van der Waals surface area contributed by atoms with E-state index in [1.54, 1.807) is 0 Å². The molecule has 0 spiro atoms. The Hall–Kier alpha value is 1.73. The molecule has 0 aromatic rings. The van der Waals surface area contributed by atoms with E-state index in [9.17, 15) is 0 Å². The van der Waals surface area contributed by atoms with Crippen molar-refractivity contribution >= 4 is 31.5 Å². The Kier molecular flexibility index (Phi) is 9.00. The van der Waals surface area contributed by atoms with Crippen LogP contribution in [-0.4, -0.2) is 10.5 Å². The molecule has 1 unspecified atom stereocenters. The Morgan fingerprint density at radius 3 is 2.31 bits per heavy atom. The fourth-order valence-corrected chi connectivity index (χ4v) is 4.99. The molecule has 0 radical (unpaired) electrons. The molecule has 1 atom stereocenters. The molecule has 0 aromatic heterocycles. The van der Waals surface area contributed by atoms with Crippen molar-refractivity contribution in [1.29, 1.82) is 0 Å². The van der Waals surface area contributed by atoms with Gasteiger partial charge in [-0.3, -0.25) is 0 Å². The van der Waals surface area contributed by atoms with E-state index in [1.807, 2.05) is 0 Å². The van der Waals surface area contributed by atoms with Crippen molar-refractivity contribution in [2.45, 2.75) is 40.1 Å². The van der Waals surface area contributed by atoms with Crippen LogP contribution in [0.2, 0.25) is 3.93 Å².